The molecule has 2 atom stereocenters. The van der Waals surface area contributed by atoms with Gasteiger partial charge in [-0.05, 0) is 17.7 Å². The number of nitrogens with zero attached hydrogens (tertiary/aromatic N) is 1. The van der Waals surface area contributed by atoms with E-state index in [1.54, 1.807) is 30.2 Å². The number of ether oxygens (including phenoxy) is 1. The maximum atomic E-state index is 12.1. The van der Waals surface area contributed by atoms with Gasteiger partial charge in [-0.2, -0.15) is 0 Å². The molecule has 1 aliphatic heterocycles. The first-order chi connectivity index (χ1) is 9.95. The normalized spacial score (nSPS) is 21.9. The molecule has 2 unspecified atom stereocenters. The zero-order chi connectivity index (χ0) is 15.6. The summed E-state index contributed by atoms with van der Waals surface area (Å²) in [6, 6.07) is 4.63. The SMILES string of the molecule is COCCN1C(=O)CC(C(=O)O)C1c1ccc(Cl)cc1Br. The van der Waals surface area contributed by atoms with Crippen LogP contribution in [0.2, 0.25) is 5.02 Å². The van der Waals surface area contributed by atoms with Crippen LogP contribution in [0.5, 0.6) is 0 Å². The average Bonchev–Trinajstić information content (AvgIpc) is 2.74. The number of aliphatic carboxylic acids is 1. The van der Waals surface area contributed by atoms with Crippen LogP contribution in [0.25, 0.3) is 0 Å². The van der Waals surface area contributed by atoms with Crippen molar-refractivity contribution in [1.82, 2.24) is 4.90 Å². The van der Waals surface area contributed by atoms with Gasteiger partial charge in [0, 0.05) is 29.6 Å². The second-order valence-electron chi connectivity index (χ2n) is 4.84. The van der Waals surface area contributed by atoms with Crippen LogP contribution in [-0.4, -0.2) is 42.1 Å². The lowest BCUT2D eigenvalue weighted by Gasteiger charge is -2.28. The number of carbonyl (C=O) groups is 2. The summed E-state index contributed by atoms with van der Waals surface area (Å²) in [6.07, 6.45) is -0.00121. The maximum Gasteiger partial charge on any atom is 0.309 e. The van der Waals surface area contributed by atoms with Gasteiger partial charge in [0.25, 0.3) is 0 Å². The van der Waals surface area contributed by atoms with Crippen LogP contribution in [-0.2, 0) is 14.3 Å². The number of likely N-dealkylation sites (tertiary alicyclic amines) is 1. The number of carboxylic acids is 1. The number of carboxylic acid groups (broad SMARTS) is 1. The van der Waals surface area contributed by atoms with E-state index >= 15 is 0 Å². The second-order valence-corrected chi connectivity index (χ2v) is 6.13. The summed E-state index contributed by atoms with van der Waals surface area (Å²) in [5.74, 6) is -1.92. The maximum absolute atomic E-state index is 12.1. The third-order valence-corrected chi connectivity index (χ3v) is 4.49. The molecule has 1 fully saturated rings. The first kappa shape index (κ1) is 16.3. The quantitative estimate of drug-likeness (QED) is 0.858. The molecule has 1 N–H and O–H groups in total. The molecule has 1 saturated heterocycles. The van der Waals surface area contributed by atoms with Crippen molar-refractivity contribution in [2.24, 2.45) is 5.92 Å². The summed E-state index contributed by atoms with van der Waals surface area (Å²) in [5.41, 5.74) is 0.744. The number of methoxy groups -OCH3 is 1. The minimum Gasteiger partial charge on any atom is -0.481 e. The number of hydrogen-bond acceptors (Lipinski definition) is 3. The van der Waals surface area contributed by atoms with Gasteiger partial charge in [0.05, 0.1) is 18.6 Å². The molecule has 1 aromatic rings. The van der Waals surface area contributed by atoms with Crippen molar-refractivity contribution in [2.75, 3.05) is 20.3 Å². The molecule has 1 aliphatic rings. The van der Waals surface area contributed by atoms with Crippen molar-refractivity contribution in [3.05, 3.63) is 33.3 Å². The number of rotatable bonds is 5. The Bertz CT molecular complexity index is 566. The highest BCUT2D eigenvalue weighted by Crippen LogP contribution is 2.41. The lowest BCUT2D eigenvalue weighted by atomic mass is 9.94. The van der Waals surface area contributed by atoms with E-state index in [0.29, 0.717) is 22.6 Å². The number of hydrogen-bond donors (Lipinski definition) is 1. The molecule has 5 nitrogen and oxygen atoms in total. The van der Waals surface area contributed by atoms with Crippen LogP contribution >= 0.6 is 27.5 Å². The molecule has 0 spiro atoms. The molecule has 0 aromatic heterocycles. The predicted molar refractivity (Wildman–Crippen MR) is 81.2 cm³/mol. The molecule has 0 bridgehead atoms. The molecular formula is C14H15BrClNO4. The summed E-state index contributed by atoms with van der Waals surface area (Å²) in [5, 5.41) is 9.95. The van der Waals surface area contributed by atoms with Crippen molar-refractivity contribution in [3.8, 4) is 0 Å². The molecule has 21 heavy (non-hydrogen) atoms. The molecule has 7 heteroatoms. The smallest absolute Gasteiger partial charge is 0.309 e. The van der Waals surface area contributed by atoms with Crippen molar-refractivity contribution < 1.29 is 19.4 Å². The largest absolute Gasteiger partial charge is 0.481 e. The Balaban J connectivity index is 2.41. The molecule has 0 aliphatic carbocycles. The van der Waals surface area contributed by atoms with E-state index in [1.807, 2.05) is 0 Å². The Hall–Kier alpha value is -1.11. The van der Waals surface area contributed by atoms with Crippen LogP contribution in [0.3, 0.4) is 0 Å². The number of amides is 1. The Morgan fingerprint density at radius 2 is 2.29 bits per heavy atom. The monoisotopic (exact) mass is 375 g/mol. The van der Waals surface area contributed by atoms with Crippen molar-refractivity contribution in [3.63, 3.8) is 0 Å². The fraction of sp³-hybridized carbons (Fsp3) is 0.429. The zero-order valence-electron chi connectivity index (χ0n) is 11.4. The lowest BCUT2D eigenvalue weighted by Crippen LogP contribution is -2.33. The van der Waals surface area contributed by atoms with E-state index in [9.17, 15) is 14.7 Å². The Kier molecular flexibility index (Phi) is 5.24. The van der Waals surface area contributed by atoms with Gasteiger partial charge in [-0.3, -0.25) is 9.59 Å². The van der Waals surface area contributed by atoms with Crippen molar-refractivity contribution >= 4 is 39.4 Å². The van der Waals surface area contributed by atoms with Gasteiger partial charge in [-0.25, -0.2) is 0 Å². The van der Waals surface area contributed by atoms with Crippen molar-refractivity contribution in [2.45, 2.75) is 12.5 Å². The third-order valence-electron chi connectivity index (χ3n) is 3.57. The van der Waals surface area contributed by atoms with Gasteiger partial charge in [-0.15, -0.1) is 0 Å². The van der Waals surface area contributed by atoms with Crippen LogP contribution < -0.4 is 0 Å². The van der Waals surface area contributed by atoms with Crippen LogP contribution in [0.15, 0.2) is 22.7 Å². The molecule has 2 rings (SSSR count). The van der Waals surface area contributed by atoms with Gasteiger partial charge in [0.1, 0.15) is 0 Å². The number of carbonyl (C=O) groups excluding carboxylic acids is 1. The van der Waals surface area contributed by atoms with E-state index < -0.39 is 17.9 Å². The third kappa shape index (κ3) is 3.39. The molecular weight excluding hydrogens is 362 g/mol. The Labute approximate surface area is 136 Å². The molecule has 0 radical (unpaired) electrons. The van der Waals surface area contributed by atoms with Crippen LogP contribution in [0, 0.1) is 5.92 Å². The van der Waals surface area contributed by atoms with Gasteiger partial charge in [0.2, 0.25) is 5.91 Å². The van der Waals surface area contributed by atoms with Crippen molar-refractivity contribution in [1.29, 1.82) is 0 Å². The summed E-state index contributed by atoms with van der Waals surface area (Å²) >= 11 is 9.33. The van der Waals surface area contributed by atoms with Gasteiger partial charge >= 0.3 is 5.97 Å². The molecule has 1 aromatic carbocycles. The summed E-state index contributed by atoms with van der Waals surface area (Å²) < 4.78 is 5.70. The number of benzene rings is 1. The average molecular weight is 377 g/mol. The van der Waals surface area contributed by atoms with E-state index in [-0.39, 0.29) is 12.3 Å². The van der Waals surface area contributed by atoms with E-state index in [0.717, 1.165) is 5.56 Å². The summed E-state index contributed by atoms with van der Waals surface area (Å²) in [6.45, 7) is 0.721. The standard InChI is InChI=1S/C14H15BrClNO4/c1-21-5-4-17-12(18)7-10(14(19)20)13(17)9-3-2-8(16)6-11(9)15/h2-3,6,10,13H,4-5,7H2,1H3,(H,19,20). The highest BCUT2D eigenvalue weighted by molar-refractivity contribution is 9.10. The van der Waals surface area contributed by atoms with Gasteiger partial charge < -0.3 is 14.7 Å². The highest BCUT2D eigenvalue weighted by atomic mass is 79.9. The van der Waals surface area contributed by atoms with Crippen LogP contribution in [0.1, 0.15) is 18.0 Å². The summed E-state index contributed by atoms with van der Waals surface area (Å²) in [4.78, 5) is 25.2. The molecule has 1 heterocycles. The Morgan fingerprint density at radius 3 is 2.86 bits per heavy atom. The Morgan fingerprint density at radius 1 is 1.57 bits per heavy atom. The topological polar surface area (TPSA) is 66.8 Å². The first-order valence-electron chi connectivity index (χ1n) is 6.42. The molecule has 114 valence electrons. The fourth-order valence-corrected chi connectivity index (χ4v) is 3.51. The molecule has 0 saturated carbocycles. The van der Waals surface area contributed by atoms with E-state index in [2.05, 4.69) is 15.9 Å². The number of halogens is 2. The zero-order valence-corrected chi connectivity index (χ0v) is 13.7. The van der Waals surface area contributed by atoms with Crippen LogP contribution in [0.4, 0.5) is 0 Å². The minimum absolute atomic E-state index is 0.00121. The van der Waals surface area contributed by atoms with Gasteiger partial charge in [0.15, 0.2) is 0 Å². The predicted octanol–water partition coefficient (Wildman–Crippen LogP) is 2.72. The van der Waals surface area contributed by atoms with Gasteiger partial charge in [-0.1, -0.05) is 33.6 Å². The lowest BCUT2D eigenvalue weighted by molar-refractivity contribution is -0.142. The van der Waals surface area contributed by atoms with E-state index in [4.69, 9.17) is 16.3 Å². The molecule has 1 amide bonds. The summed E-state index contributed by atoms with van der Waals surface area (Å²) in [7, 11) is 1.54. The second kappa shape index (κ2) is 6.77. The minimum atomic E-state index is -0.977. The van der Waals surface area contributed by atoms with E-state index in [1.165, 1.54) is 0 Å². The fourth-order valence-electron chi connectivity index (χ4n) is 2.59. The highest BCUT2D eigenvalue weighted by Gasteiger charge is 2.45. The first-order valence-corrected chi connectivity index (χ1v) is 7.59.